The number of pyridine rings is 1. The van der Waals surface area contributed by atoms with E-state index >= 15 is 0 Å². The van der Waals surface area contributed by atoms with Gasteiger partial charge in [0.15, 0.2) is 0 Å². The van der Waals surface area contributed by atoms with E-state index in [1.165, 1.54) is 4.88 Å². The minimum absolute atomic E-state index is 0.0571. The molecule has 0 aliphatic carbocycles. The summed E-state index contributed by atoms with van der Waals surface area (Å²) in [6, 6.07) is 15.6. The van der Waals surface area contributed by atoms with Crippen LogP contribution in [0.25, 0.3) is 0 Å². The maximum absolute atomic E-state index is 12.5. The molecule has 2 aromatic heterocycles. The molecule has 0 saturated heterocycles. The molecule has 2 heterocycles. The molecule has 3 rings (SSSR count). The summed E-state index contributed by atoms with van der Waals surface area (Å²) >= 11 is 1.70. The highest BCUT2D eigenvalue weighted by Gasteiger charge is 2.10. The van der Waals surface area contributed by atoms with Crippen molar-refractivity contribution >= 4 is 22.9 Å². The number of carbonyl (C=O) groups excluding carboxylic acids is 1. The molecule has 0 spiro atoms. The van der Waals surface area contributed by atoms with E-state index in [1.54, 1.807) is 23.7 Å². The van der Waals surface area contributed by atoms with Crippen LogP contribution < -0.4 is 10.6 Å². The summed E-state index contributed by atoms with van der Waals surface area (Å²) in [5.41, 5.74) is 2.69. The van der Waals surface area contributed by atoms with E-state index in [0.717, 1.165) is 24.2 Å². The van der Waals surface area contributed by atoms with Gasteiger partial charge in [-0.3, -0.25) is 9.78 Å². The number of para-hydroxylation sites is 1. The van der Waals surface area contributed by atoms with Crippen LogP contribution in [0, 0.1) is 0 Å². The number of hydrogen-bond acceptors (Lipinski definition) is 4. The van der Waals surface area contributed by atoms with Crippen molar-refractivity contribution in [3.8, 4) is 0 Å². The fraction of sp³-hybridized carbons (Fsp3) is 0.158. The zero-order chi connectivity index (χ0) is 16.6. The van der Waals surface area contributed by atoms with E-state index in [2.05, 4.69) is 27.1 Å². The summed E-state index contributed by atoms with van der Waals surface area (Å²) in [4.78, 5) is 17.7. The molecule has 122 valence electrons. The summed E-state index contributed by atoms with van der Waals surface area (Å²) in [5, 5.41) is 8.38. The molecular weight excluding hydrogens is 318 g/mol. The standard InChI is InChI=1S/C19H19N3OS/c23-19(21-12-9-15-7-10-20-11-8-15)17-5-1-2-6-18(17)22-14-16-4-3-13-24-16/h1-8,10-11,13,22H,9,12,14H2,(H,21,23). The molecule has 5 heteroatoms. The van der Waals surface area contributed by atoms with Crippen molar-refractivity contribution in [3.05, 3.63) is 82.3 Å². The SMILES string of the molecule is O=C(NCCc1ccncc1)c1ccccc1NCc1cccs1. The molecule has 0 unspecified atom stereocenters. The Kier molecular flexibility index (Phi) is 5.58. The lowest BCUT2D eigenvalue weighted by atomic mass is 10.1. The highest BCUT2D eigenvalue weighted by Crippen LogP contribution is 2.17. The van der Waals surface area contributed by atoms with Crippen LogP contribution in [0.3, 0.4) is 0 Å². The van der Waals surface area contributed by atoms with Gasteiger partial charge in [0.25, 0.3) is 5.91 Å². The Labute approximate surface area is 145 Å². The predicted octanol–water partition coefficient (Wildman–Crippen LogP) is 3.73. The zero-order valence-electron chi connectivity index (χ0n) is 13.2. The molecule has 0 radical (unpaired) electrons. The van der Waals surface area contributed by atoms with Gasteiger partial charge < -0.3 is 10.6 Å². The molecular formula is C19H19N3OS. The normalized spacial score (nSPS) is 10.3. The van der Waals surface area contributed by atoms with Crippen molar-refractivity contribution in [2.45, 2.75) is 13.0 Å². The fourth-order valence-electron chi connectivity index (χ4n) is 2.40. The Bertz CT molecular complexity index is 772. The lowest BCUT2D eigenvalue weighted by Crippen LogP contribution is -2.26. The van der Waals surface area contributed by atoms with Crippen molar-refractivity contribution in [2.24, 2.45) is 0 Å². The van der Waals surface area contributed by atoms with Crippen LogP contribution in [-0.4, -0.2) is 17.4 Å². The Morgan fingerprint density at radius 2 is 1.88 bits per heavy atom. The van der Waals surface area contributed by atoms with Crippen LogP contribution in [0.1, 0.15) is 20.8 Å². The zero-order valence-corrected chi connectivity index (χ0v) is 14.1. The van der Waals surface area contributed by atoms with E-state index in [0.29, 0.717) is 12.1 Å². The quantitative estimate of drug-likeness (QED) is 0.691. The molecule has 1 aromatic carbocycles. The molecule has 0 aliphatic rings. The van der Waals surface area contributed by atoms with Crippen molar-refractivity contribution in [1.82, 2.24) is 10.3 Å². The smallest absolute Gasteiger partial charge is 0.253 e. The first kappa shape index (κ1) is 16.2. The number of hydrogen-bond donors (Lipinski definition) is 2. The largest absolute Gasteiger partial charge is 0.380 e. The summed E-state index contributed by atoms with van der Waals surface area (Å²) in [7, 11) is 0. The van der Waals surface area contributed by atoms with Crippen LogP contribution in [0.4, 0.5) is 5.69 Å². The molecule has 1 amide bonds. The number of aromatic nitrogens is 1. The first-order valence-electron chi connectivity index (χ1n) is 7.85. The van der Waals surface area contributed by atoms with Crippen LogP contribution >= 0.6 is 11.3 Å². The first-order chi connectivity index (χ1) is 11.8. The van der Waals surface area contributed by atoms with Crippen LogP contribution in [0.5, 0.6) is 0 Å². The van der Waals surface area contributed by atoms with Gasteiger partial charge in [-0.15, -0.1) is 11.3 Å². The summed E-state index contributed by atoms with van der Waals surface area (Å²) in [5.74, 6) is -0.0571. The molecule has 4 nitrogen and oxygen atoms in total. The number of amides is 1. The second-order valence-corrected chi connectivity index (χ2v) is 6.37. The third-order valence-electron chi connectivity index (χ3n) is 3.65. The lowest BCUT2D eigenvalue weighted by Gasteiger charge is -2.12. The topological polar surface area (TPSA) is 54.0 Å². The van der Waals surface area contributed by atoms with E-state index in [9.17, 15) is 4.79 Å². The summed E-state index contributed by atoms with van der Waals surface area (Å²) in [6.45, 7) is 1.32. The van der Waals surface area contributed by atoms with Gasteiger partial charge in [-0.05, 0) is 47.7 Å². The molecule has 24 heavy (non-hydrogen) atoms. The number of anilines is 1. The average Bonchev–Trinajstić information content (AvgIpc) is 3.14. The first-order valence-corrected chi connectivity index (χ1v) is 8.73. The number of nitrogens with zero attached hydrogens (tertiary/aromatic N) is 1. The van der Waals surface area contributed by atoms with Gasteiger partial charge in [0.1, 0.15) is 0 Å². The Hall–Kier alpha value is -2.66. The molecule has 2 N–H and O–H groups in total. The van der Waals surface area contributed by atoms with E-state index in [-0.39, 0.29) is 5.91 Å². The third kappa shape index (κ3) is 4.43. The highest BCUT2D eigenvalue weighted by molar-refractivity contribution is 7.09. The number of nitrogens with one attached hydrogen (secondary N) is 2. The summed E-state index contributed by atoms with van der Waals surface area (Å²) < 4.78 is 0. The maximum Gasteiger partial charge on any atom is 0.253 e. The second kappa shape index (κ2) is 8.26. The Morgan fingerprint density at radius 3 is 2.67 bits per heavy atom. The number of rotatable bonds is 7. The molecule has 0 fully saturated rings. The monoisotopic (exact) mass is 337 g/mol. The van der Waals surface area contributed by atoms with Gasteiger partial charge in [-0.2, -0.15) is 0 Å². The van der Waals surface area contributed by atoms with Crippen molar-refractivity contribution in [1.29, 1.82) is 0 Å². The second-order valence-electron chi connectivity index (χ2n) is 5.34. The Morgan fingerprint density at radius 1 is 1.04 bits per heavy atom. The minimum Gasteiger partial charge on any atom is -0.380 e. The fourth-order valence-corrected chi connectivity index (χ4v) is 3.04. The lowest BCUT2D eigenvalue weighted by molar-refractivity contribution is 0.0955. The van der Waals surface area contributed by atoms with Crippen LogP contribution in [0.2, 0.25) is 0 Å². The van der Waals surface area contributed by atoms with Gasteiger partial charge >= 0.3 is 0 Å². The number of carbonyl (C=O) groups is 1. The van der Waals surface area contributed by atoms with Crippen LogP contribution in [0.15, 0.2) is 66.3 Å². The van der Waals surface area contributed by atoms with Gasteiger partial charge in [0.05, 0.1) is 5.56 Å². The minimum atomic E-state index is -0.0571. The molecule has 0 bridgehead atoms. The van der Waals surface area contributed by atoms with Gasteiger partial charge in [0, 0.05) is 36.0 Å². The third-order valence-corrected chi connectivity index (χ3v) is 4.53. The van der Waals surface area contributed by atoms with E-state index < -0.39 is 0 Å². The molecule has 0 saturated carbocycles. The van der Waals surface area contributed by atoms with E-state index in [1.807, 2.05) is 42.5 Å². The van der Waals surface area contributed by atoms with Crippen LogP contribution in [-0.2, 0) is 13.0 Å². The van der Waals surface area contributed by atoms with Crippen molar-refractivity contribution < 1.29 is 4.79 Å². The maximum atomic E-state index is 12.5. The average molecular weight is 337 g/mol. The highest BCUT2D eigenvalue weighted by atomic mass is 32.1. The molecule has 3 aromatic rings. The van der Waals surface area contributed by atoms with Crippen molar-refractivity contribution in [3.63, 3.8) is 0 Å². The predicted molar refractivity (Wildman–Crippen MR) is 98.4 cm³/mol. The molecule has 0 atom stereocenters. The van der Waals surface area contributed by atoms with Crippen molar-refractivity contribution in [2.75, 3.05) is 11.9 Å². The van der Waals surface area contributed by atoms with E-state index in [4.69, 9.17) is 0 Å². The summed E-state index contributed by atoms with van der Waals surface area (Å²) in [6.07, 6.45) is 4.32. The van der Waals surface area contributed by atoms with Gasteiger partial charge in [-0.25, -0.2) is 0 Å². The van der Waals surface area contributed by atoms with Gasteiger partial charge in [0.2, 0.25) is 0 Å². The Balaban J connectivity index is 1.57. The van der Waals surface area contributed by atoms with Gasteiger partial charge in [-0.1, -0.05) is 18.2 Å². The number of benzene rings is 1. The molecule has 0 aliphatic heterocycles. The number of thiophene rings is 1.